The van der Waals surface area contributed by atoms with Crippen molar-refractivity contribution in [1.29, 1.82) is 0 Å². The minimum atomic E-state index is 0. The van der Waals surface area contributed by atoms with Crippen LogP contribution in [0.25, 0.3) is 0 Å². The number of halogens is 1. The number of thiophene rings is 1. The molecule has 1 aliphatic rings. The quantitative estimate of drug-likeness (QED) is 0.750. The number of hydrogen-bond acceptors (Lipinski definition) is 4. The van der Waals surface area contributed by atoms with Crippen molar-refractivity contribution in [3.8, 4) is 0 Å². The van der Waals surface area contributed by atoms with Gasteiger partial charge in [-0.1, -0.05) is 18.2 Å². The molecule has 2 aromatic rings. The van der Waals surface area contributed by atoms with Gasteiger partial charge in [-0.2, -0.15) is 0 Å². The van der Waals surface area contributed by atoms with E-state index in [2.05, 4.69) is 22.8 Å². The highest BCUT2D eigenvalue weighted by molar-refractivity contribution is 7.98. The predicted octanol–water partition coefficient (Wildman–Crippen LogP) is 4.46. The lowest BCUT2D eigenvalue weighted by Gasteiger charge is -2.27. The molecule has 0 aliphatic heterocycles. The van der Waals surface area contributed by atoms with Gasteiger partial charge in [0, 0.05) is 27.6 Å². The summed E-state index contributed by atoms with van der Waals surface area (Å²) in [5, 5.41) is 5.27. The maximum absolute atomic E-state index is 12.6. The molecule has 1 aromatic carbocycles. The van der Waals surface area contributed by atoms with Gasteiger partial charge in [0.25, 0.3) is 5.91 Å². The Kier molecular flexibility index (Phi) is 7.62. The van der Waals surface area contributed by atoms with Crippen molar-refractivity contribution in [1.82, 2.24) is 5.32 Å². The van der Waals surface area contributed by atoms with Gasteiger partial charge in [0.05, 0.1) is 5.56 Å². The van der Waals surface area contributed by atoms with Gasteiger partial charge in [-0.25, -0.2) is 0 Å². The number of nitrogens with two attached hydrogens (primary N) is 1. The fourth-order valence-electron chi connectivity index (χ4n) is 2.85. The minimum absolute atomic E-state index is 0. The molecule has 1 fully saturated rings. The van der Waals surface area contributed by atoms with Crippen molar-refractivity contribution in [2.45, 2.75) is 48.4 Å². The lowest BCUT2D eigenvalue weighted by atomic mass is 9.91. The second kappa shape index (κ2) is 9.47. The Morgan fingerprint density at radius 2 is 1.92 bits per heavy atom. The second-order valence-corrected chi connectivity index (χ2v) is 8.00. The topological polar surface area (TPSA) is 55.1 Å². The summed E-state index contributed by atoms with van der Waals surface area (Å²) in [6.45, 7) is 0. The zero-order valence-electron chi connectivity index (χ0n) is 13.4. The molecule has 1 heterocycles. The fourth-order valence-corrected chi connectivity index (χ4v) is 4.67. The zero-order chi connectivity index (χ0) is 16.1. The van der Waals surface area contributed by atoms with Gasteiger partial charge in [-0.15, -0.1) is 35.5 Å². The number of hydrogen-bond donors (Lipinski definition) is 2. The number of carbonyl (C=O) groups excluding carboxylic acids is 1. The van der Waals surface area contributed by atoms with Gasteiger partial charge in [-0.3, -0.25) is 4.79 Å². The van der Waals surface area contributed by atoms with Crippen molar-refractivity contribution in [2.75, 3.05) is 0 Å². The van der Waals surface area contributed by atoms with Crippen molar-refractivity contribution < 1.29 is 4.79 Å². The molecule has 1 aromatic heterocycles. The molecule has 0 unspecified atom stereocenters. The highest BCUT2D eigenvalue weighted by Gasteiger charge is 2.21. The van der Waals surface area contributed by atoms with Gasteiger partial charge in [0.2, 0.25) is 0 Å². The van der Waals surface area contributed by atoms with Gasteiger partial charge in [-0.05, 0) is 49.3 Å². The SMILES string of the molecule is Cl.NC1CCC(NC(=O)c2ccccc2SCc2cccs2)CC1. The summed E-state index contributed by atoms with van der Waals surface area (Å²) in [5.74, 6) is 0.944. The van der Waals surface area contributed by atoms with Crippen molar-refractivity contribution in [2.24, 2.45) is 5.73 Å². The van der Waals surface area contributed by atoms with Gasteiger partial charge >= 0.3 is 0 Å². The first kappa shape index (κ1) is 19.3. The lowest BCUT2D eigenvalue weighted by molar-refractivity contribution is 0.0923. The van der Waals surface area contributed by atoms with Gasteiger partial charge in [0.1, 0.15) is 0 Å². The fraction of sp³-hybridized carbons (Fsp3) is 0.389. The van der Waals surface area contributed by atoms with E-state index in [1.54, 1.807) is 23.1 Å². The van der Waals surface area contributed by atoms with Crippen LogP contribution in [0.15, 0.2) is 46.7 Å². The largest absolute Gasteiger partial charge is 0.349 e. The minimum Gasteiger partial charge on any atom is -0.349 e. The van der Waals surface area contributed by atoms with Crippen LogP contribution in [0.4, 0.5) is 0 Å². The maximum Gasteiger partial charge on any atom is 0.252 e. The highest BCUT2D eigenvalue weighted by Crippen LogP contribution is 2.28. The molecule has 1 amide bonds. The van der Waals surface area contributed by atoms with E-state index >= 15 is 0 Å². The monoisotopic (exact) mass is 382 g/mol. The van der Waals surface area contributed by atoms with E-state index in [0.29, 0.717) is 6.04 Å². The summed E-state index contributed by atoms with van der Waals surface area (Å²) in [4.78, 5) is 15.0. The molecule has 0 saturated heterocycles. The number of nitrogens with one attached hydrogen (secondary N) is 1. The van der Waals surface area contributed by atoms with Crippen LogP contribution in [0.2, 0.25) is 0 Å². The predicted molar refractivity (Wildman–Crippen MR) is 105 cm³/mol. The Bertz CT molecular complexity index is 640. The molecule has 130 valence electrons. The number of rotatable bonds is 5. The van der Waals surface area contributed by atoms with Crippen molar-refractivity contribution in [3.63, 3.8) is 0 Å². The molecular weight excluding hydrogens is 360 g/mol. The number of thioether (sulfide) groups is 1. The number of amides is 1. The Morgan fingerprint density at radius 1 is 1.17 bits per heavy atom. The summed E-state index contributed by atoms with van der Waals surface area (Å²) in [6, 6.07) is 12.6. The Morgan fingerprint density at radius 3 is 2.62 bits per heavy atom. The first-order valence-electron chi connectivity index (χ1n) is 8.03. The van der Waals surface area contributed by atoms with Gasteiger partial charge < -0.3 is 11.1 Å². The molecule has 3 nitrogen and oxygen atoms in total. The normalized spacial score (nSPS) is 20.2. The lowest BCUT2D eigenvalue weighted by Crippen LogP contribution is -2.40. The van der Waals surface area contributed by atoms with Crippen LogP contribution in [0, 0.1) is 0 Å². The highest BCUT2D eigenvalue weighted by atomic mass is 35.5. The van der Waals surface area contributed by atoms with Crippen molar-refractivity contribution >= 4 is 41.4 Å². The number of benzene rings is 1. The molecule has 1 aliphatic carbocycles. The summed E-state index contributed by atoms with van der Waals surface area (Å²) in [7, 11) is 0. The van der Waals surface area contributed by atoms with Crippen LogP contribution < -0.4 is 11.1 Å². The van der Waals surface area contributed by atoms with Crippen LogP contribution >= 0.6 is 35.5 Å². The molecule has 1 saturated carbocycles. The van der Waals surface area contributed by atoms with E-state index in [9.17, 15) is 4.79 Å². The summed E-state index contributed by atoms with van der Waals surface area (Å²) >= 11 is 3.48. The molecule has 0 spiro atoms. The Hall–Kier alpha value is -1.01. The van der Waals surface area contributed by atoms with Crippen LogP contribution in [-0.2, 0) is 5.75 Å². The summed E-state index contributed by atoms with van der Waals surface area (Å²) in [5.41, 5.74) is 6.72. The third kappa shape index (κ3) is 5.24. The van der Waals surface area contributed by atoms with E-state index in [1.807, 2.05) is 24.3 Å². The first-order valence-corrected chi connectivity index (χ1v) is 9.89. The molecule has 0 atom stereocenters. The van der Waals surface area contributed by atoms with E-state index in [1.165, 1.54) is 4.88 Å². The standard InChI is InChI=1S/C18H22N2OS2.ClH/c19-13-7-9-14(10-8-13)20-18(21)16-5-1-2-6-17(16)23-12-15-4-3-11-22-15;/h1-6,11,13-14H,7-10,12,19H2,(H,20,21);1H. The molecule has 3 N–H and O–H groups in total. The van der Waals surface area contributed by atoms with Crippen molar-refractivity contribution in [3.05, 3.63) is 52.2 Å². The Balaban J connectivity index is 0.00000208. The summed E-state index contributed by atoms with van der Waals surface area (Å²) < 4.78 is 0. The van der Waals surface area contributed by atoms with Crippen LogP contribution in [0.5, 0.6) is 0 Å². The molecule has 6 heteroatoms. The second-order valence-electron chi connectivity index (χ2n) is 5.95. The van der Waals surface area contributed by atoms with Crippen LogP contribution in [-0.4, -0.2) is 18.0 Å². The van der Waals surface area contributed by atoms with E-state index in [4.69, 9.17) is 5.73 Å². The average molecular weight is 383 g/mol. The first-order chi connectivity index (χ1) is 11.2. The van der Waals surface area contributed by atoms with E-state index < -0.39 is 0 Å². The maximum atomic E-state index is 12.6. The summed E-state index contributed by atoms with van der Waals surface area (Å²) in [6.07, 6.45) is 3.97. The zero-order valence-corrected chi connectivity index (χ0v) is 15.9. The van der Waals surface area contributed by atoms with Gasteiger partial charge in [0.15, 0.2) is 0 Å². The molecular formula is C18H23ClN2OS2. The van der Waals surface area contributed by atoms with E-state index in [-0.39, 0.29) is 24.4 Å². The smallest absolute Gasteiger partial charge is 0.252 e. The van der Waals surface area contributed by atoms with Crippen LogP contribution in [0.1, 0.15) is 40.9 Å². The number of carbonyl (C=O) groups is 1. The Labute approximate surface area is 157 Å². The van der Waals surface area contributed by atoms with Crippen LogP contribution in [0.3, 0.4) is 0 Å². The molecule has 24 heavy (non-hydrogen) atoms. The average Bonchev–Trinajstić information content (AvgIpc) is 3.09. The third-order valence-electron chi connectivity index (χ3n) is 4.19. The molecule has 0 bridgehead atoms. The molecule has 3 rings (SSSR count). The van der Waals surface area contributed by atoms with E-state index in [0.717, 1.165) is 41.9 Å². The third-order valence-corrected chi connectivity index (χ3v) is 6.37. The molecule has 0 radical (unpaired) electrons.